The zero-order valence-electron chi connectivity index (χ0n) is 12.9. The van der Waals surface area contributed by atoms with Gasteiger partial charge in [0.1, 0.15) is 5.76 Å². The van der Waals surface area contributed by atoms with Crippen LogP contribution in [0, 0.1) is 13.8 Å². The van der Waals surface area contributed by atoms with Crippen LogP contribution >= 0.6 is 0 Å². The summed E-state index contributed by atoms with van der Waals surface area (Å²) in [5.41, 5.74) is 0.436. The molecule has 1 aromatic heterocycles. The number of furan rings is 1. The van der Waals surface area contributed by atoms with Crippen LogP contribution < -0.4 is 0 Å². The molecule has 6 nitrogen and oxygen atoms in total. The van der Waals surface area contributed by atoms with Gasteiger partial charge in [-0.25, -0.2) is 8.42 Å². The van der Waals surface area contributed by atoms with E-state index in [-0.39, 0.29) is 17.4 Å². The lowest BCUT2D eigenvalue weighted by molar-refractivity contribution is -0.104. The minimum absolute atomic E-state index is 0.133. The number of amides is 1. The molecule has 1 amide bonds. The maximum atomic E-state index is 12.6. The largest absolute Gasteiger partial charge is 0.456 e. The Labute approximate surface area is 130 Å². The summed E-state index contributed by atoms with van der Waals surface area (Å²) in [4.78, 5) is 14.3. The Morgan fingerprint density at radius 2 is 1.95 bits per heavy atom. The van der Waals surface area contributed by atoms with Crippen molar-refractivity contribution in [2.24, 2.45) is 0 Å². The van der Waals surface area contributed by atoms with Crippen LogP contribution in [0.1, 0.15) is 34.7 Å². The zero-order chi connectivity index (χ0) is 16.0. The Balaban J connectivity index is 1.74. The first-order valence-corrected chi connectivity index (χ1v) is 9.33. The van der Waals surface area contributed by atoms with E-state index < -0.39 is 15.4 Å². The summed E-state index contributed by atoms with van der Waals surface area (Å²) in [5.74, 6) is 1.21. The van der Waals surface area contributed by atoms with Gasteiger partial charge in [-0.2, -0.15) is 0 Å². The number of sulfone groups is 1. The number of nitrogens with zero attached hydrogens (tertiary/aromatic N) is 1. The van der Waals surface area contributed by atoms with Crippen molar-refractivity contribution < 1.29 is 22.4 Å². The first-order valence-electron chi connectivity index (χ1n) is 7.51. The molecule has 0 radical (unpaired) electrons. The molecular weight excluding hydrogens is 306 g/mol. The molecule has 122 valence electrons. The van der Waals surface area contributed by atoms with Gasteiger partial charge in [0.2, 0.25) is 0 Å². The third-order valence-electron chi connectivity index (χ3n) is 4.65. The monoisotopic (exact) mass is 327 g/mol. The average Bonchev–Trinajstić information content (AvgIpc) is 2.82. The van der Waals surface area contributed by atoms with Crippen LogP contribution in [-0.2, 0) is 14.6 Å². The van der Waals surface area contributed by atoms with Crippen molar-refractivity contribution in [2.45, 2.75) is 32.3 Å². The molecule has 2 aliphatic heterocycles. The summed E-state index contributed by atoms with van der Waals surface area (Å²) in [6.07, 6.45) is 0.907. The highest BCUT2D eigenvalue weighted by Crippen LogP contribution is 2.32. The molecule has 0 N–H and O–H groups in total. The fourth-order valence-corrected chi connectivity index (χ4v) is 4.64. The van der Waals surface area contributed by atoms with Crippen LogP contribution in [0.3, 0.4) is 0 Å². The van der Waals surface area contributed by atoms with Gasteiger partial charge in [0.05, 0.1) is 30.3 Å². The predicted molar refractivity (Wildman–Crippen MR) is 80.7 cm³/mol. The van der Waals surface area contributed by atoms with Gasteiger partial charge >= 0.3 is 0 Å². The Hall–Kier alpha value is -1.34. The van der Waals surface area contributed by atoms with Crippen LogP contribution in [0.5, 0.6) is 0 Å². The molecule has 0 aromatic carbocycles. The number of ether oxygens (including phenoxy) is 1. The highest BCUT2D eigenvalue weighted by atomic mass is 32.2. The Morgan fingerprint density at radius 1 is 1.27 bits per heavy atom. The van der Waals surface area contributed by atoms with Crippen LogP contribution in [-0.4, -0.2) is 56.0 Å². The van der Waals surface area contributed by atoms with E-state index in [9.17, 15) is 13.2 Å². The van der Waals surface area contributed by atoms with Crippen molar-refractivity contribution in [1.82, 2.24) is 4.90 Å². The number of aryl methyl sites for hydroxylation is 2. The standard InChI is InChI=1S/C15H21NO5S/c1-11-9-13(21-12(11)2)14(17)16-5-6-20-15(10-16)3-7-22(18,19)8-4-15/h9H,3-8,10H2,1-2H3. The van der Waals surface area contributed by atoms with Crippen molar-refractivity contribution >= 4 is 15.7 Å². The molecule has 22 heavy (non-hydrogen) atoms. The van der Waals surface area contributed by atoms with Crippen LogP contribution in [0.2, 0.25) is 0 Å². The molecule has 0 saturated carbocycles. The second-order valence-corrected chi connectivity index (χ2v) is 8.56. The fourth-order valence-electron chi connectivity index (χ4n) is 3.07. The maximum Gasteiger partial charge on any atom is 0.289 e. The third-order valence-corrected chi connectivity index (χ3v) is 6.30. The van der Waals surface area contributed by atoms with Gasteiger partial charge in [-0.05, 0) is 38.3 Å². The summed E-state index contributed by atoms with van der Waals surface area (Å²) < 4.78 is 34.6. The molecule has 3 heterocycles. The minimum atomic E-state index is -2.95. The molecule has 1 aromatic rings. The maximum absolute atomic E-state index is 12.6. The first-order chi connectivity index (χ1) is 10.3. The molecule has 7 heteroatoms. The molecule has 0 bridgehead atoms. The van der Waals surface area contributed by atoms with Gasteiger partial charge in [0.25, 0.3) is 5.91 Å². The van der Waals surface area contributed by atoms with Gasteiger partial charge in [-0.1, -0.05) is 0 Å². The predicted octanol–water partition coefficient (Wildman–Crippen LogP) is 1.32. The van der Waals surface area contributed by atoms with E-state index in [4.69, 9.17) is 9.15 Å². The second-order valence-electron chi connectivity index (χ2n) is 6.26. The number of hydrogen-bond acceptors (Lipinski definition) is 5. The Bertz CT molecular complexity index is 657. The van der Waals surface area contributed by atoms with Crippen molar-refractivity contribution in [1.29, 1.82) is 0 Å². The third kappa shape index (κ3) is 2.92. The SMILES string of the molecule is Cc1cc(C(=O)N2CCOC3(CCS(=O)(=O)CC3)C2)oc1C. The summed E-state index contributed by atoms with van der Waals surface area (Å²) >= 11 is 0. The van der Waals surface area contributed by atoms with Gasteiger partial charge in [0, 0.05) is 6.54 Å². The molecule has 0 atom stereocenters. The second kappa shape index (κ2) is 5.38. The van der Waals surface area contributed by atoms with Crippen molar-refractivity contribution in [2.75, 3.05) is 31.2 Å². The summed E-state index contributed by atoms with van der Waals surface area (Å²) in [6, 6.07) is 1.76. The molecule has 2 aliphatic rings. The molecule has 3 rings (SSSR count). The average molecular weight is 327 g/mol. The van der Waals surface area contributed by atoms with E-state index in [0.29, 0.717) is 38.3 Å². The van der Waals surface area contributed by atoms with E-state index in [1.807, 2.05) is 13.8 Å². The highest BCUT2D eigenvalue weighted by molar-refractivity contribution is 7.91. The molecule has 2 fully saturated rings. The lowest BCUT2D eigenvalue weighted by Gasteiger charge is -2.44. The molecule has 1 spiro atoms. The van der Waals surface area contributed by atoms with Crippen LogP contribution in [0.15, 0.2) is 10.5 Å². The number of rotatable bonds is 1. The van der Waals surface area contributed by atoms with Crippen LogP contribution in [0.4, 0.5) is 0 Å². The molecular formula is C15H21NO5S. The summed E-state index contributed by atoms with van der Waals surface area (Å²) in [7, 11) is -2.95. The Morgan fingerprint density at radius 3 is 2.55 bits per heavy atom. The van der Waals surface area contributed by atoms with E-state index in [1.54, 1.807) is 11.0 Å². The minimum Gasteiger partial charge on any atom is -0.456 e. The molecule has 2 saturated heterocycles. The topological polar surface area (TPSA) is 76.8 Å². The van der Waals surface area contributed by atoms with E-state index in [2.05, 4.69) is 0 Å². The van der Waals surface area contributed by atoms with Crippen LogP contribution in [0.25, 0.3) is 0 Å². The van der Waals surface area contributed by atoms with Crippen molar-refractivity contribution in [3.05, 3.63) is 23.2 Å². The number of hydrogen-bond donors (Lipinski definition) is 0. The number of carbonyl (C=O) groups excluding carboxylic acids is 1. The van der Waals surface area contributed by atoms with Gasteiger partial charge < -0.3 is 14.1 Å². The summed E-state index contributed by atoms with van der Waals surface area (Å²) in [6.45, 7) is 5.11. The highest BCUT2D eigenvalue weighted by Gasteiger charge is 2.43. The van der Waals surface area contributed by atoms with Crippen molar-refractivity contribution in [3.8, 4) is 0 Å². The van der Waals surface area contributed by atoms with Gasteiger partial charge in [-0.3, -0.25) is 4.79 Å². The summed E-state index contributed by atoms with van der Waals surface area (Å²) in [5, 5.41) is 0. The van der Waals surface area contributed by atoms with E-state index in [0.717, 1.165) is 11.3 Å². The van der Waals surface area contributed by atoms with Gasteiger partial charge in [0.15, 0.2) is 15.6 Å². The molecule has 0 unspecified atom stereocenters. The lowest BCUT2D eigenvalue weighted by Crippen LogP contribution is -2.56. The van der Waals surface area contributed by atoms with Gasteiger partial charge in [-0.15, -0.1) is 0 Å². The zero-order valence-corrected chi connectivity index (χ0v) is 13.7. The van der Waals surface area contributed by atoms with E-state index >= 15 is 0 Å². The normalized spacial score (nSPS) is 23.6. The van der Waals surface area contributed by atoms with E-state index in [1.165, 1.54) is 0 Å². The number of carbonyl (C=O) groups is 1. The Kier molecular flexibility index (Phi) is 3.81. The first kappa shape index (κ1) is 15.6. The quantitative estimate of drug-likeness (QED) is 0.777. The smallest absolute Gasteiger partial charge is 0.289 e. The fraction of sp³-hybridized carbons (Fsp3) is 0.667. The van der Waals surface area contributed by atoms with Crippen molar-refractivity contribution in [3.63, 3.8) is 0 Å². The lowest BCUT2D eigenvalue weighted by atomic mass is 9.94. The molecule has 0 aliphatic carbocycles. The number of morpholine rings is 1.